The van der Waals surface area contributed by atoms with Gasteiger partial charge in [0.1, 0.15) is 17.5 Å². The number of benzene rings is 1. The molecule has 1 unspecified atom stereocenters. The molecular formula is C27H31F3N4O4. The number of esters is 1. The number of ether oxygens (including phenoxy) is 3. The van der Waals surface area contributed by atoms with Crippen LogP contribution >= 0.6 is 0 Å². The van der Waals surface area contributed by atoms with Crippen molar-refractivity contribution in [3.8, 4) is 0 Å². The van der Waals surface area contributed by atoms with Gasteiger partial charge in [0.2, 0.25) is 0 Å². The van der Waals surface area contributed by atoms with E-state index < -0.39 is 29.2 Å². The van der Waals surface area contributed by atoms with Crippen LogP contribution in [0.2, 0.25) is 0 Å². The predicted octanol–water partition coefficient (Wildman–Crippen LogP) is 3.87. The lowest BCUT2D eigenvalue weighted by Crippen LogP contribution is -2.46. The maximum absolute atomic E-state index is 15.4. The van der Waals surface area contributed by atoms with E-state index in [2.05, 4.69) is 4.98 Å². The van der Waals surface area contributed by atoms with Gasteiger partial charge in [0.15, 0.2) is 17.4 Å². The van der Waals surface area contributed by atoms with Crippen molar-refractivity contribution in [3.63, 3.8) is 0 Å². The first-order chi connectivity index (χ1) is 18.2. The highest BCUT2D eigenvalue weighted by molar-refractivity contribution is 5.98. The fourth-order valence-electron chi connectivity index (χ4n) is 5.19. The molecule has 3 aliphatic rings. The van der Waals surface area contributed by atoms with E-state index >= 15 is 4.39 Å². The Hall–Kier alpha value is -3.15. The van der Waals surface area contributed by atoms with E-state index in [9.17, 15) is 13.6 Å². The predicted molar refractivity (Wildman–Crippen MR) is 136 cm³/mol. The van der Waals surface area contributed by atoms with Crippen LogP contribution in [0.3, 0.4) is 0 Å². The van der Waals surface area contributed by atoms with E-state index in [0.29, 0.717) is 38.1 Å². The molecule has 8 nitrogen and oxygen atoms in total. The number of rotatable bonds is 6. The van der Waals surface area contributed by atoms with Crippen molar-refractivity contribution in [2.45, 2.75) is 31.7 Å². The minimum atomic E-state index is -0.823. The molecule has 1 aromatic heterocycles. The zero-order valence-corrected chi connectivity index (χ0v) is 21.7. The Morgan fingerprint density at radius 2 is 1.92 bits per heavy atom. The lowest BCUT2D eigenvalue weighted by atomic mass is 10.0. The first kappa shape index (κ1) is 26.5. The number of carbonyl (C=O) groups is 1. The van der Waals surface area contributed by atoms with Crippen molar-refractivity contribution in [1.29, 1.82) is 0 Å². The highest BCUT2D eigenvalue weighted by Gasteiger charge is 2.44. The molecule has 204 valence electrons. The van der Waals surface area contributed by atoms with Crippen LogP contribution in [0.5, 0.6) is 0 Å². The molecule has 0 bridgehead atoms. The average molecular weight is 533 g/mol. The quantitative estimate of drug-likeness (QED) is 0.520. The molecular weight excluding hydrogens is 501 g/mol. The summed E-state index contributed by atoms with van der Waals surface area (Å²) in [5.74, 6) is -3.04. The third-order valence-corrected chi connectivity index (χ3v) is 6.93. The van der Waals surface area contributed by atoms with Crippen LogP contribution in [0.4, 0.5) is 30.5 Å². The maximum atomic E-state index is 15.4. The number of aromatic nitrogens is 1. The molecule has 0 N–H and O–H groups in total. The Balaban J connectivity index is 1.44. The smallest absolute Gasteiger partial charge is 0.335 e. The Kier molecular flexibility index (Phi) is 7.34. The van der Waals surface area contributed by atoms with Gasteiger partial charge in [0, 0.05) is 44.1 Å². The molecule has 4 heterocycles. The Morgan fingerprint density at radius 1 is 1.16 bits per heavy atom. The molecule has 1 spiro atoms. The zero-order chi connectivity index (χ0) is 27.0. The molecule has 1 aromatic carbocycles. The van der Waals surface area contributed by atoms with Gasteiger partial charge < -0.3 is 28.9 Å². The summed E-state index contributed by atoms with van der Waals surface area (Å²) in [6, 6.07) is 4.44. The number of anilines is 3. The summed E-state index contributed by atoms with van der Waals surface area (Å²) in [5.41, 5.74) is 0.524. The van der Waals surface area contributed by atoms with Crippen molar-refractivity contribution in [2.24, 2.45) is 0 Å². The minimum Gasteiger partial charge on any atom is -0.463 e. The topological polar surface area (TPSA) is 67.4 Å². The monoisotopic (exact) mass is 532 g/mol. The second-order valence-electron chi connectivity index (χ2n) is 9.99. The van der Waals surface area contributed by atoms with Crippen LogP contribution < -0.4 is 9.80 Å². The third kappa shape index (κ3) is 5.23. The fraction of sp³-hybridized carbons (Fsp3) is 0.481. The summed E-state index contributed by atoms with van der Waals surface area (Å²) in [6.45, 7) is 3.93. The van der Waals surface area contributed by atoms with Gasteiger partial charge in [-0.3, -0.25) is 0 Å². The van der Waals surface area contributed by atoms with Gasteiger partial charge in [-0.2, -0.15) is 0 Å². The van der Waals surface area contributed by atoms with Gasteiger partial charge in [-0.15, -0.1) is 0 Å². The molecule has 2 aromatic rings. The van der Waals surface area contributed by atoms with Gasteiger partial charge in [-0.25, -0.2) is 22.9 Å². The average Bonchev–Trinajstić information content (AvgIpc) is 3.25. The summed E-state index contributed by atoms with van der Waals surface area (Å²) < 4.78 is 61.3. The SMILES string of the molecule is CCOC(=O)C1=Cc2cc(F)c(N3CCC4(CC3)OCC(CN(C)C)O4)nc2N(c2ccc(F)cc2F)C1. The first-order valence-corrected chi connectivity index (χ1v) is 12.7. The molecule has 1 atom stereocenters. The van der Waals surface area contributed by atoms with Crippen LogP contribution in [0.15, 0.2) is 29.8 Å². The number of fused-ring (bicyclic) bond motifs is 1. The maximum Gasteiger partial charge on any atom is 0.335 e. The minimum absolute atomic E-state index is 0.0184. The van der Waals surface area contributed by atoms with Gasteiger partial charge in [-0.1, -0.05) is 0 Å². The van der Waals surface area contributed by atoms with Gasteiger partial charge in [-0.05, 0) is 45.3 Å². The second-order valence-corrected chi connectivity index (χ2v) is 9.99. The van der Waals surface area contributed by atoms with E-state index in [1.807, 2.05) is 23.9 Å². The van der Waals surface area contributed by atoms with Crippen LogP contribution in [-0.2, 0) is 19.0 Å². The lowest BCUT2D eigenvalue weighted by Gasteiger charge is -2.39. The number of carbonyl (C=O) groups excluding carboxylic acids is 1. The largest absolute Gasteiger partial charge is 0.463 e. The molecule has 0 radical (unpaired) electrons. The third-order valence-electron chi connectivity index (χ3n) is 6.93. The Morgan fingerprint density at radius 3 is 2.61 bits per heavy atom. The van der Waals surface area contributed by atoms with Crippen LogP contribution in [0.1, 0.15) is 25.3 Å². The van der Waals surface area contributed by atoms with Crippen molar-refractivity contribution in [2.75, 3.05) is 63.3 Å². The summed E-state index contributed by atoms with van der Waals surface area (Å²) in [6.07, 6.45) is 2.56. The van der Waals surface area contributed by atoms with E-state index in [1.165, 1.54) is 23.1 Å². The summed E-state index contributed by atoms with van der Waals surface area (Å²) in [5, 5.41) is 0. The molecule has 2 fully saturated rings. The van der Waals surface area contributed by atoms with Gasteiger partial charge in [0.05, 0.1) is 37.1 Å². The Bertz CT molecular complexity index is 1250. The lowest BCUT2D eigenvalue weighted by molar-refractivity contribution is -0.181. The molecule has 0 saturated carbocycles. The van der Waals surface area contributed by atoms with Gasteiger partial charge in [0.25, 0.3) is 0 Å². The fourth-order valence-corrected chi connectivity index (χ4v) is 5.19. The normalized spacial score (nSPS) is 20.6. The standard InChI is InChI=1S/C27H31F3N4O4/c1-4-36-26(35)18-11-17-12-22(30)25(31-24(17)34(14-18)23-6-5-19(28)13-21(23)29)33-9-7-27(8-10-33)37-16-20(38-27)15-32(2)3/h5-6,11-13,20H,4,7-10,14-16H2,1-3H3. The Labute approximate surface area is 219 Å². The number of hydrogen-bond donors (Lipinski definition) is 0. The molecule has 3 aliphatic heterocycles. The van der Waals surface area contributed by atoms with Gasteiger partial charge >= 0.3 is 5.97 Å². The zero-order valence-electron chi connectivity index (χ0n) is 21.7. The van der Waals surface area contributed by atoms with Crippen molar-refractivity contribution in [1.82, 2.24) is 9.88 Å². The van der Waals surface area contributed by atoms with Crippen LogP contribution in [0.25, 0.3) is 6.08 Å². The molecule has 5 rings (SSSR count). The highest BCUT2D eigenvalue weighted by atomic mass is 19.1. The molecule has 11 heteroatoms. The number of likely N-dealkylation sites (N-methyl/N-ethyl adjacent to an activating group) is 1. The summed E-state index contributed by atoms with van der Waals surface area (Å²) in [7, 11) is 3.96. The van der Waals surface area contributed by atoms with E-state index in [1.54, 1.807) is 6.92 Å². The molecule has 0 aliphatic carbocycles. The number of hydrogen-bond acceptors (Lipinski definition) is 8. The summed E-state index contributed by atoms with van der Waals surface area (Å²) >= 11 is 0. The van der Waals surface area contributed by atoms with E-state index in [-0.39, 0.29) is 42.2 Å². The van der Waals surface area contributed by atoms with E-state index in [0.717, 1.165) is 18.7 Å². The number of nitrogens with zero attached hydrogens (tertiary/aromatic N) is 4. The molecule has 2 saturated heterocycles. The van der Waals surface area contributed by atoms with Crippen LogP contribution in [0, 0.1) is 17.5 Å². The number of pyridine rings is 1. The summed E-state index contributed by atoms with van der Waals surface area (Å²) in [4.78, 5) is 22.4. The van der Waals surface area contributed by atoms with E-state index in [4.69, 9.17) is 14.2 Å². The first-order valence-electron chi connectivity index (χ1n) is 12.7. The number of piperidine rings is 1. The second kappa shape index (κ2) is 10.5. The van der Waals surface area contributed by atoms with Crippen LogP contribution in [-0.4, -0.2) is 81.2 Å². The van der Waals surface area contributed by atoms with Crippen molar-refractivity contribution in [3.05, 3.63) is 52.9 Å². The van der Waals surface area contributed by atoms with Crippen molar-refractivity contribution >= 4 is 29.4 Å². The molecule has 38 heavy (non-hydrogen) atoms. The van der Waals surface area contributed by atoms with Crippen molar-refractivity contribution < 1.29 is 32.2 Å². The number of halogens is 3. The molecule has 0 amide bonds. The highest BCUT2D eigenvalue weighted by Crippen LogP contribution is 2.40.